The van der Waals surface area contributed by atoms with Crippen LogP contribution in [0.25, 0.3) is 0 Å². The van der Waals surface area contributed by atoms with Gasteiger partial charge in [0, 0.05) is 0 Å². The first-order valence-electron chi connectivity index (χ1n) is 2.16. The molecule has 8 heteroatoms. The van der Waals surface area contributed by atoms with Gasteiger partial charge in [0.2, 0.25) is 0 Å². The fourth-order valence-electron chi connectivity index (χ4n) is 0. The average molecular weight is 196 g/mol. The van der Waals surface area contributed by atoms with Gasteiger partial charge in [0.25, 0.3) is 0 Å². The standard InChI is InChI=1S/2C2H4O3.2Na/c2*3-1-2(4)5;;/h2*3H,1H2,(H,4,5);;/q;;2*+1/p-2. The van der Waals surface area contributed by atoms with Crippen LogP contribution in [0.2, 0.25) is 0 Å². The van der Waals surface area contributed by atoms with Crippen molar-refractivity contribution in [3.05, 3.63) is 0 Å². The van der Waals surface area contributed by atoms with Crippen LogP contribution in [0.3, 0.4) is 0 Å². The maximum Gasteiger partial charge on any atom is 1.00 e. The molecule has 0 aromatic heterocycles. The number of aliphatic hydroxyl groups excluding tert-OH is 2. The van der Waals surface area contributed by atoms with E-state index in [2.05, 4.69) is 0 Å². The smallest absolute Gasteiger partial charge is 0.548 e. The SMILES string of the molecule is O=C([O-])CO.O=C([O-])CO.[Na+].[Na+]. The molecule has 2 N–H and O–H groups in total. The van der Waals surface area contributed by atoms with Crippen molar-refractivity contribution in [2.75, 3.05) is 13.2 Å². The molecular weight excluding hydrogens is 190 g/mol. The van der Waals surface area contributed by atoms with Crippen molar-refractivity contribution in [3.63, 3.8) is 0 Å². The van der Waals surface area contributed by atoms with Crippen LogP contribution >= 0.6 is 0 Å². The van der Waals surface area contributed by atoms with Crippen LogP contribution in [0.5, 0.6) is 0 Å². The average Bonchev–Trinajstić information content (AvgIpc) is 1.89. The molecule has 0 spiro atoms. The Balaban J connectivity index is -0.0000000457. The van der Waals surface area contributed by atoms with Crippen molar-refractivity contribution in [1.29, 1.82) is 0 Å². The van der Waals surface area contributed by atoms with Gasteiger partial charge in [-0.1, -0.05) is 0 Å². The first-order valence-corrected chi connectivity index (χ1v) is 2.16. The van der Waals surface area contributed by atoms with E-state index in [1.165, 1.54) is 0 Å². The Morgan fingerprint density at radius 1 is 0.917 bits per heavy atom. The predicted octanol–water partition coefficient (Wildman–Crippen LogP) is -10.5. The summed E-state index contributed by atoms with van der Waals surface area (Å²) in [7, 11) is 0. The molecule has 0 unspecified atom stereocenters. The molecule has 0 aromatic rings. The topological polar surface area (TPSA) is 121 Å². The second-order valence-corrected chi connectivity index (χ2v) is 1.06. The van der Waals surface area contributed by atoms with Crippen molar-refractivity contribution in [2.24, 2.45) is 0 Å². The summed E-state index contributed by atoms with van der Waals surface area (Å²) in [4.78, 5) is 18.0. The Labute approximate surface area is 113 Å². The Hall–Kier alpha value is 0.860. The van der Waals surface area contributed by atoms with Gasteiger partial charge < -0.3 is 30.0 Å². The number of hydrogen-bond acceptors (Lipinski definition) is 6. The van der Waals surface area contributed by atoms with Crippen molar-refractivity contribution in [3.8, 4) is 0 Å². The maximum atomic E-state index is 9.01. The molecule has 0 saturated carbocycles. The Morgan fingerprint density at radius 3 is 1.00 bits per heavy atom. The molecule has 0 rings (SSSR count). The van der Waals surface area contributed by atoms with Gasteiger partial charge in [0.15, 0.2) is 0 Å². The van der Waals surface area contributed by atoms with E-state index in [-0.39, 0.29) is 59.1 Å². The van der Waals surface area contributed by atoms with E-state index in [1.807, 2.05) is 0 Å². The molecule has 0 aliphatic heterocycles. The summed E-state index contributed by atoms with van der Waals surface area (Å²) in [5.74, 6) is -2.88. The molecular formula is C4H6Na2O6. The number of aliphatic carboxylic acids is 2. The molecule has 0 saturated heterocycles. The number of aliphatic hydroxyl groups is 2. The zero-order chi connectivity index (χ0) is 8.57. The number of carbonyl (C=O) groups excluding carboxylic acids is 2. The van der Waals surface area contributed by atoms with Gasteiger partial charge in [0.1, 0.15) is 0 Å². The first-order chi connectivity index (χ1) is 4.54. The molecule has 0 radical (unpaired) electrons. The summed E-state index contributed by atoms with van der Waals surface area (Å²) in [5.41, 5.74) is 0. The van der Waals surface area contributed by atoms with Crippen molar-refractivity contribution in [2.45, 2.75) is 0 Å². The van der Waals surface area contributed by atoms with Gasteiger partial charge in [0.05, 0.1) is 25.2 Å². The summed E-state index contributed by atoms with van der Waals surface area (Å²) in [6.07, 6.45) is 0. The van der Waals surface area contributed by atoms with Crippen LogP contribution in [0.1, 0.15) is 0 Å². The minimum Gasteiger partial charge on any atom is -0.548 e. The third kappa shape index (κ3) is 44.7. The minimum atomic E-state index is -1.44. The Morgan fingerprint density at radius 2 is 1.00 bits per heavy atom. The fraction of sp³-hybridized carbons (Fsp3) is 0.500. The van der Waals surface area contributed by atoms with Gasteiger partial charge in [-0.3, -0.25) is 0 Å². The zero-order valence-corrected chi connectivity index (χ0v) is 10.9. The van der Waals surface area contributed by atoms with Crippen LogP contribution in [0.15, 0.2) is 0 Å². The van der Waals surface area contributed by atoms with Crippen LogP contribution in [0.4, 0.5) is 0 Å². The van der Waals surface area contributed by atoms with E-state index in [9.17, 15) is 0 Å². The number of rotatable bonds is 2. The summed E-state index contributed by atoms with van der Waals surface area (Å²) in [6.45, 7) is -1.78. The van der Waals surface area contributed by atoms with Crippen LogP contribution in [0, 0.1) is 0 Å². The van der Waals surface area contributed by atoms with Gasteiger partial charge in [-0.15, -0.1) is 0 Å². The molecule has 0 aliphatic carbocycles. The molecule has 0 heterocycles. The molecule has 0 aliphatic rings. The number of carboxylic acids is 2. The van der Waals surface area contributed by atoms with Gasteiger partial charge in [-0.25, -0.2) is 0 Å². The van der Waals surface area contributed by atoms with Gasteiger partial charge in [-0.05, 0) is 0 Å². The molecule has 0 bridgehead atoms. The molecule has 60 valence electrons. The summed E-state index contributed by atoms with van der Waals surface area (Å²) < 4.78 is 0. The summed E-state index contributed by atoms with van der Waals surface area (Å²) in [5, 5.41) is 33.0. The van der Waals surface area contributed by atoms with E-state index in [0.717, 1.165) is 0 Å². The van der Waals surface area contributed by atoms with Crippen molar-refractivity contribution in [1.82, 2.24) is 0 Å². The van der Waals surface area contributed by atoms with E-state index >= 15 is 0 Å². The van der Waals surface area contributed by atoms with E-state index in [4.69, 9.17) is 30.0 Å². The van der Waals surface area contributed by atoms with E-state index in [1.54, 1.807) is 0 Å². The third-order valence-electron chi connectivity index (χ3n) is 0.258. The molecule has 6 nitrogen and oxygen atoms in total. The molecule has 0 aromatic carbocycles. The molecule has 0 amide bonds. The minimum absolute atomic E-state index is 0. The van der Waals surface area contributed by atoms with E-state index < -0.39 is 25.2 Å². The monoisotopic (exact) mass is 196 g/mol. The maximum absolute atomic E-state index is 9.01. The van der Waals surface area contributed by atoms with Crippen LogP contribution in [-0.4, -0.2) is 35.4 Å². The fourth-order valence-corrected chi connectivity index (χ4v) is 0. The third-order valence-corrected chi connectivity index (χ3v) is 0.258. The number of carbonyl (C=O) groups is 2. The van der Waals surface area contributed by atoms with Crippen molar-refractivity contribution < 1.29 is 89.1 Å². The molecule has 12 heavy (non-hydrogen) atoms. The molecule has 0 atom stereocenters. The van der Waals surface area contributed by atoms with Crippen LogP contribution < -0.4 is 69.3 Å². The van der Waals surface area contributed by atoms with Gasteiger partial charge in [-0.2, -0.15) is 0 Å². The summed E-state index contributed by atoms with van der Waals surface area (Å²) >= 11 is 0. The normalized spacial score (nSPS) is 6.17. The number of carboxylic acid groups (broad SMARTS) is 2. The zero-order valence-electron chi connectivity index (χ0n) is 6.94. The summed E-state index contributed by atoms with van der Waals surface area (Å²) in [6, 6.07) is 0. The predicted molar refractivity (Wildman–Crippen MR) is 24.2 cm³/mol. The number of hydrogen-bond donors (Lipinski definition) is 2. The quantitative estimate of drug-likeness (QED) is 0.423. The Bertz CT molecular complexity index is 102. The molecule has 0 fully saturated rings. The van der Waals surface area contributed by atoms with Gasteiger partial charge >= 0.3 is 59.1 Å². The van der Waals surface area contributed by atoms with E-state index in [0.29, 0.717) is 0 Å². The first kappa shape index (κ1) is 23.0. The second kappa shape index (κ2) is 17.8. The van der Waals surface area contributed by atoms with Crippen LogP contribution in [-0.2, 0) is 9.59 Å². The largest absolute Gasteiger partial charge is 1.00 e. The second-order valence-electron chi connectivity index (χ2n) is 1.06. The van der Waals surface area contributed by atoms with Crippen molar-refractivity contribution >= 4 is 11.9 Å². The Kier molecular flexibility index (Phi) is 34.2.